The van der Waals surface area contributed by atoms with E-state index >= 15 is 0 Å². The monoisotopic (exact) mass is 351 g/mol. The Morgan fingerprint density at radius 3 is 2.58 bits per heavy atom. The van der Waals surface area contributed by atoms with Crippen molar-refractivity contribution in [2.45, 2.75) is 6.54 Å². The molecule has 1 heterocycles. The number of carbonyl (C=O) groups excluding carboxylic acids is 1. The Bertz CT molecular complexity index is 890. The lowest BCUT2D eigenvalue weighted by Crippen LogP contribution is -2.28. The van der Waals surface area contributed by atoms with E-state index in [0.717, 1.165) is 11.3 Å². The van der Waals surface area contributed by atoms with E-state index < -0.39 is 0 Å². The number of methoxy groups -OCH3 is 2. The Morgan fingerprint density at radius 2 is 1.88 bits per heavy atom. The number of rotatable bonds is 6. The second kappa shape index (κ2) is 7.74. The maximum Gasteiger partial charge on any atom is 0.272 e. The molecule has 6 nitrogen and oxygen atoms in total. The summed E-state index contributed by atoms with van der Waals surface area (Å²) in [5.41, 5.74) is 2.30. The lowest BCUT2D eigenvalue weighted by atomic mass is 10.1. The van der Waals surface area contributed by atoms with Crippen molar-refractivity contribution < 1.29 is 14.3 Å². The van der Waals surface area contributed by atoms with Crippen LogP contribution in [0.1, 0.15) is 16.1 Å². The molecule has 134 valence electrons. The number of para-hydroxylation sites is 1. The van der Waals surface area contributed by atoms with Crippen LogP contribution >= 0.6 is 0 Å². The highest BCUT2D eigenvalue weighted by molar-refractivity contribution is 5.92. The molecular weight excluding hydrogens is 330 g/mol. The van der Waals surface area contributed by atoms with E-state index in [1.807, 2.05) is 48.5 Å². The highest BCUT2D eigenvalue weighted by Gasteiger charge is 2.19. The van der Waals surface area contributed by atoms with Crippen LogP contribution in [0.25, 0.3) is 5.69 Å². The predicted octanol–water partition coefficient (Wildman–Crippen LogP) is 3.16. The molecule has 0 atom stereocenters. The Hall–Kier alpha value is -3.28. The Balaban J connectivity index is 1.83. The first-order chi connectivity index (χ1) is 12.6. The Labute approximate surface area is 152 Å². The second-order valence-electron chi connectivity index (χ2n) is 5.82. The maximum absolute atomic E-state index is 12.9. The van der Waals surface area contributed by atoms with Gasteiger partial charge < -0.3 is 14.4 Å². The summed E-state index contributed by atoms with van der Waals surface area (Å²) < 4.78 is 12.4. The van der Waals surface area contributed by atoms with Crippen LogP contribution in [0, 0.1) is 0 Å². The average molecular weight is 351 g/mol. The molecule has 0 aliphatic heterocycles. The standard InChI is InChI=1S/C20H21N3O3/c1-22(13-15-9-10-17(25-2)11-19(15)26-3)20(24)18-12-21-14-23(18)16-7-5-4-6-8-16/h4-12,14H,13H2,1-3H3. The molecule has 1 aromatic heterocycles. The van der Waals surface area contributed by atoms with Crippen LogP contribution < -0.4 is 9.47 Å². The molecule has 0 saturated heterocycles. The van der Waals surface area contributed by atoms with Crippen LogP contribution in [0.15, 0.2) is 61.1 Å². The molecule has 0 N–H and O–H groups in total. The third-order valence-electron chi connectivity index (χ3n) is 4.14. The number of hydrogen-bond acceptors (Lipinski definition) is 4. The van der Waals surface area contributed by atoms with Gasteiger partial charge in [-0.15, -0.1) is 0 Å². The number of ether oxygens (including phenoxy) is 2. The largest absolute Gasteiger partial charge is 0.497 e. The first-order valence-electron chi connectivity index (χ1n) is 8.18. The molecule has 0 unspecified atom stereocenters. The molecule has 0 aliphatic rings. The summed E-state index contributed by atoms with van der Waals surface area (Å²) >= 11 is 0. The number of nitrogens with zero attached hydrogens (tertiary/aromatic N) is 3. The van der Waals surface area contributed by atoms with Gasteiger partial charge in [0.2, 0.25) is 0 Å². The zero-order valence-electron chi connectivity index (χ0n) is 15.0. The van der Waals surface area contributed by atoms with Crippen LogP contribution in [0.3, 0.4) is 0 Å². The minimum absolute atomic E-state index is 0.121. The van der Waals surface area contributed by atoms with Gasteiger partial charge in [0.1, 0.15) is 17.2 Å². The summed E-state index contributed by atoms with van der Waals surface area (Å²) in [6.45, 7) is 0.409. The third kappa shape index (κ3) is 3.54. The molecule has 3 aromatic rings. The molecule has 2 aromatic carbocycles. The second-order valence-corrected chi connectivity index (χ2v) is 5.82. The quantitative estimate of drug-likeness (QED) is 0.684. The fourth-order valence-electron chi connectivity index (χ4n) is 2.75. The van der Waals surface area contributed by atoms with Gasteiger partial charge in [-0.3, -0.25) is 9.36 Å². The van der Waals surface area contributed by atoms with Crippen molar-refractivity contribution in [1.29, 1.82) is 0 Å². The summed E-state index contributed by atoms with van der Waals surface area (Å²) in [5.74, 6) is 1.27. The highest BCUT2D eigenvalue weighted by atomic mass is 16.5. The number of hydrogen-bond donors (Lipinski definition) is 0. The molecule has 0 saturated carbocycles. The minimum atomic E-state index is -0.121. The summed E-state index contributed by atoms with van der Waals surface area (Å²) in [4.78, 5) is 18.7. The van der Waals surface area contributed by atoms with E-state index in [-0.39, 0.29) is 5.91 Å². The third-order valence-corrected chi connectivity index (χ3v) is 4.14. The molecule has 0 bridgehead atoms. The number of carbonyl (C=O) groups is 1. The van der Waals surface area contributed by atoms with Gasteiger partial charge in [0.15, 0.2) is 0 Å². The molecule has 0 spiro atoms. The average Bonchev–Trinajstić information content (AvgIpc) is 3.18. The van der Waals surface area contributed by atoms with E-state index in [4.69, 9.17) is 9.47 Å². The molecule has 1 amide bonds. The fraction of sp³-hybridized carbons (Fsp3) is 0.200. The predicted molar refractivity (Wildman–Crippen MR) is 98.9 cm³/mol. The Morgan fingerprint density at radius 1 is 1.12 bits per heavy atom. The van der Waals surface area contributed by atoms with Gasteiger partial charge in [-0.2, -0.15) is 0 Å². The summed E-state index contributed by atoms with van der Waals surface area (Å²) in [7, 11) is 4.97. The zero-order chi connectivity index (χ0) is 18.5. The van der Waals surface area contributed by atoms with Gasteiger partial charge in [0.25, 0.3) is 5.91 Å². The van der Waals surface area contributed by atoms with Gasteiger partial charge in [-0.05, 0) is 24.3 Å². The lowest BCUT2D eigenvalue weighted by molar-refractivity contribution is 0.0776. The van der Waals surface area contributed by atoms with E-state index in [9.17, 15) is 4.79 Å². The van der Waals surface area contributed by atoms with Crippen molar-refractivity contribution in [3.05, 3.63) is 72.3 Å². The van der Waals surface area contributed by atoms with Gasteiger partial charge >= 0.3 is 0 Å². The molecule has 3 rings (SSSR count). The van der Waals surface area contributed by atoms with E-state index in [1.54, 1.807) is 43.3 Å². The smallest absolute Gasteiger partial charge is 0.272 e. The molecular formula is C20H21N3O3. The van der Waals surface area contributed by atoms with Crippen LogP contribution in [0.5, 0.6) is 11.5 Å². The van der Waals surface area contributed by atoms with E-state index in [1.165, 1.54) is 0 Å². The molecule has 6 heteroatoms. The van der Waals surface area contributed by atoms with Gasteiger partial charge in [0.05, 0.1) is 26.7 Å². The van der Waals surface area contributed by atoms with Crippen molar-refractivity contribution in [3.8, 4) is 17.2 Å². The maximum atomic E-state index is 12.9. The minimum Gasteiger partial charge on any atom is -0.497 e. The topological polar surface area (TPSA) is 56.6 Å². The van der Waals surface area contributed by atoms with Crippen molar-refractivity contribution in [1.82, 2.24) is 14.5 Å². The van der Waals surface area contributed by atoms with Crippen LogP contribution in [-0.4, -0.2) is 41.6 Å². The number of aromatic nitrogens is 2. The zero-order valence-corrected chi connectivity index (χ0v) is 15.0. The SMILES string of the molecule is COc1ccc(CN(C)C(=O)c2cncn2-c2ccccc2)c(OC)c1. The van der Waals surface area contributed by atoms with Gasteiger partial charge in [0, 0.05) is 30.9 Å². The van der Waals surface area contributed by atoms with E-state index in [0.29, 0.717) is 23.7 Å². The Kier molecular flexibility index (Phi) is 5.22. The van der Waals surface area contributed by atoms with Crippen LogP contribution in [0.2, 0.25) is 0 Å². The highest BCUT2D eigenvalue weighted by Crippen LogP contribution is 2.26. The number of imidazole rings is 1. The van der Waals surface area contributed by atoms with Crippen molar-refractivity contribution in [3.63, 3.8) is 0 Å². The van der Waals surface area contributed by atoms with Crippen molar-refractivity contribution in [2.75, 3.05) is 21.3 Å². The van der Waals surface area contributed by atoms with E-state index in [2.05, 4.69) is 4.98 Å². The van der Waals surface area contributed by atoms with Gasteiger partial charge in [-0.1, -0.05) is 18.2 Å². The normalized spacial score (nSPS) is 10.4. The lowest BCUT2D eigenvalue weighted by Gasteiger charge is -2.20. The molecule has 0 radical (unpaired) electrons. The summed E-state index contributed by atoms with van der Waals surface area (Å²) in [6, 6.07) is 15.2. The summed E-state index contributed by atoms with van der Waals surface area (Å²) in [6.07, 6.45) is 3.22. The number of amides is 1. The molecule has 0 fully saturated rings. The van der Waals surface area contributed by atoms with Crippen LogP contribution in [-0.2, 0) is 6.54 Å². The first kappa shape index (κ1) is 17.5. The molecule has 0 aliphatic carbocycles. The van der Waals surface area contributed by atoms with Crippen molar-refractivity contribution in [2.24, 2.45) is 0 Å². The first-order valence-corrected chi connectivity index (χ1v) is 8.18. The summed E-state index contributed by atoms with van der Waals surface area (Å²) in [5, 5.41) is 0. The van der Waals surface area contributed by atoms with Gasteiger partial charge in [-0.25, -0.2) is 4.98 Å². The van der Waals surface area contributed by atoms with Crippen molar-refractivity contribution >= 4 is 5.91 Å². The molecule has 26 heavy (non-hydrogen) atoms. The fourth-order valence-corrected chi connectivity index (χ4v) is 2.75. The van der Waals surface area contributed by atoms with Crippen LogP contribution in [0.4, 0.5) is 0 Å². The number of benzene rings is 2.